The summed E-state index contributed by atoms with van der Waals surface area (Å²) < 4.78 is 22.1. The minimum Gasteiger partial charge on any atom is -0.369 e. The zero-order valence-corrected chi connectivity index (χ0v) is 25.5. The van der Waals surface area contributed by atoms with Gasteiger partial charge in [-0.25, -0.2) is 23.6 Å². The molecule has 232 valence electrons. The molecule has 4 amide bonds. The minimum absolute atomic E-state index is 0.195. The second-order valence-electron chi connectivity index (χ2n) is 11.0. The monoisotopic (exact) mass is 625 g/mol. The number of carbonyl (C=O) groups is 2. The number of carbonyl (C=O) groups excluding carboxylic acids is 2. The molecular weight excluding hydrogens is 590 g/mol. The summed E-state index contributed by atoms with van der Waals surface area (Å²) in [7, 11) is -3.10. The van der Waals surface area contributed by atoms with Crippen molar-refractivity contribution < 1.29 is 13.8 Å². The molecule has 4 bridgehead atoms. The first-order chi connectivity index (χ1) is 21.8. The van der Waals surface area contributed by atoms with Crippen LogP contribution in [0.3, 0.4) is 0 Å². The van der Waals surface area contributed by atoms with Gasteiger partial charge in [-0.05, 0) is 73.7 Å². The van der Waals surface area contributed by atoms with Crippen LogP contribution in [-0.2, 0) is 9.73 Å². The molecule has 6 N–H and O–H groups in total. The minimum atomic E-state index is -3.10. The number of hydrogen-bond acceptors (Lipinski definition) is 8. The number of para-hydroxylation sites is 1. The lowest BCUT2D eigenvalue weighted by atomic mass is 10.1. The highest BCUT2D eigenvalue weighted by Crippen LogP contribution is 2.31. The van der Waals surface area contributed by atoms with Crippen LogP contribution < -0.4 is 26.6 Å². The number of anilines is 6. The van der Waals surface area contributed by atoms with E-state index >= 15 is 0 Å². The Morgan fingerprint density at radius 1 is 0.844 bits per heavy atom. The molecule has 1 atom stereocenters. The molecule has 1 saturated heterocycles. The Kier molecular flexibility index (Phi) is 8.78. The summed E-state index contributed by atoms with van der Waals surface area (Å²) in [6.07, 6.45) is 4.91. The molecule has 4 aromatic rings. The summed E-state index contributed by atoms with van der Waals surface area (Å²) in [4.78, 5) is 36.6. The number of fused-ring (bicyclic) bond motifs is 4. The third kappa shape index (κ3) is 7.50. The van der Waals surface area contributed by atoms with Gasteiger partial charge in [0.15, 0.2) is 0 Å². The van der Waals surface area contributed by atoms with Crippen molar-refractivity contribution in [3.8, 4) is 11.1 Å². The summed E-state index contributed by atoms with van der Waals surface area (Å²) >= 11 is 0. The summed E-state index contributed by atoms with van der Waals surface area (Å²) in [5, 5.41) is 15.1. The Bertz CT molecular complexity index is 1790. The maximum Gasteiger partial charge on any atom is 0.323 e. The van der Waals surface area contributed by atoms with E-state index < -0.39 is 9.73 Å². The Morgan fingerprint density at radius 2 is 1.58 bits per heavy atom. The Morgan fingerprint density at radius 3 is 2.33 bits per heavy atom. The molecule has 0 aliphatic carbocycles. The lowest BCUT2D eigenvalue weighted by Crippen LogP contribution is -2.32. The number of nitrogens with one attached hydrogen (secondary N) is 6. The van der Waals surface area contributed by atoms with Crippen molar-refractivity contribution in [1.82, 2.24) is 14.9 Å². The number of rotatable bonds is 4. The molecule has 13 heteroatoms. The Balaban J connectivity index is 1.23. The topological polar surface area (TPSA) is 164 Å². The second kappa shape index (κ2) is 13.2. The molecule has 2 aliphatic rings. The Hall–Kier alpha value is -5.17. The lowest BCUT2D eigenvalue weighted by Gasteiger charge is -2.18. The average molecular weight is 626 g/mol. The molecule has 1 aromatic heterocycles. The van der Waals surface area contributed by atoms with Crippen LogP contribution in [0.4, 0.5) is 44.1 Å². The number of aromatic nitrogens is 2. The van der Waals surface area contributed by atoms with Crippen LogP contribution >= 0.6 is 0 Å². The predicted octanol–water partition coefficient (Wildman–Crippen LogP) is 6.77. The third-order valence-electron chi connectivity index (χ3n) is 7.61. The number of nitrogens with zero attached hydrogens (tertiary/aromatic N) is 3. The van der Waals surface area contributed by atoms with E-state index in [2.05, 4.69) is 31.6 Å². The van der Waals surface area contributed by atoms with Crippen molar-refractivity contribution in [3.05, 3.63) is 79.0 Å². The number of hydrogen-bond donors (Lipinski definition) is 6. The van der Waals surface area contributed by atoms with Gasteiger partial charge in [-0.2, -0.15) is 4.98 Å². The fourth-order valence-corrected chi connectivity index (χ4v) is 6.76. The van der Waals surface area contributed by atoms with E-state index in [9.17, 15) is 13.8 Å². The van der Waals surface area contributed by atoms with Gasteiger partial charge in [0.25, 0.3) is 0 Å². The van der Waals surface area contributed by atoms with Gasteiger partial charge >= 0.3 is 12.1 Å². The molecule has 0 saturated carbocycles. The zero-order valence-electron chi connectivity index (χ0n) is 24.6. The van der Waals surface area contributed by atoms with Crippen LogP contribution in [0.25, 0.3) is 11.1 Å². The van der Waals surface area contributed by atoms with Gasteiger partial charge < -0.3 is 31.5 Å². The van der Waals surface area contributed by atoms with Crippen LogP contribution in [0, 0.1) is 4.78 Å². The van der Waals surface area contributed by atoms with Gasteiger partial charge in [0.05, 0.1) is 14.6 Å². The highest BCUT2D eigenvalue weighted by molar-refractivity contribution is 7.92. The molecular formula is C32H35N9O3S. The molecule has 1 fully saturated rings. The van der Waals surface area contributed by atoms with Crippen molar-refractivity contribution in [1.29, 1.82) is 4.78 Å². The molecule has 0 spiro atoms. The summed E-state index contributed by atoms with van der Waals surface area (Å²) in [6.45, 7) is 1.96. The van der Waals surface area contributed by atoms with Gasteiger partial charge in [0.1, 0.15) is 5.82 Å². The first-order valence-electron chi connectivity index (χ1n) is 14.9. The highest BCUT2D eigenvalue weighted by atomic mass is 32.2. The molecule has 3 aromatic carbocycles. The molecule has 0 radical (unpaired) electrons. The van der Waals surface area contributed by atoms with E-state index in [1.54, 1.807) is 29.3 Å². The second-order valence-corrected chi connectivity index (χ2v) is 13.2. The number of amides is 4. The first kappa shape index (κ1) is 29.9. The van der Waals surface area contributed by atoms with Gasteiger partial charge in [0.2, 0.25) is 5.95 Å². The van der Waals surface area contributed by atoms with Gasteiger partial charge in [-0.3, -0.25) is 0 Å². The quantitative estimate of drug-likeness (QED) is 0.146. The molecule has 3 heterocycles. The van der Waals surface area contributed by atoms with Crippen LogP contribution in [0.2, 0.25) is 0 Å². The zero-order chi connectivity index (χ0) is 31.2. The number of benzene rings is 3. The van der Waals surface area contributed by atoms with Crippen molar-refractivity contribution in [2.45, 2.75) is 30.6 Å². The summed E-state index contributed by atoms with van der Waals surface area (Å²) in [5.41, 5.74) is 3.93. The van der Waals surface area contributed by atoms with E-state index in [0.29, 0.717) is 71.9 Å². The first-order valence-corrected chi connectivity index (χ1v) is 16.6. The average Bonchev–Trinajstić information content (AvgIpc) is 3.57. The fourth-order valence-electron chi connectivity index (χ4n) is 5.28. The van der Waals surface area contributed by atoms with Crippen molar-refractivity contribution in [2.75, 3.05) is 52.0 Å². The summed E-state index contributed by atoms with van der Waals surface area (Å²) in [5.74, 6) is 1.11. The van der Waals surface area contributed by atoms with Crippen LogP contribution in [0.15, 0.2) is 83.9 Å². The third-order valence-corrected chi connectivity index (χ3v) is 9.47. The van der Waals surface area contributed by atoms with Gasteiger partial charge in [-0.15, -0.1) is 0 Å². The van der Waals surface area contributed by atoms with Crippen molar-refractivity contribution in [3.63, 3.8) is 0 Å². The van der Waals surface area contributed by atoms with Crippen molar-refractivity contribution in [2.24, 2.45) is 0 Å². The maximum absolute atomic E-state index is 13.5. The molecule has 1 unspecified atom stereocenters. The van der Waals surface area contributed by atoms with E-state index in [-0.39, 0.29) is 17.8 Å². The van der Waals surface area contributed by atoms with E-state index in [1.807, 2.05) is 54.6 Å². The smallest absolute Gasteiger partial charge is 0.323 e. The molecule has 45 heavy (non-hydrogen) atoms. The van der Waals surface area contributed by atoms with Gasteiger partial charge in [0, 0.05) is 59.9 Å². The van der Waals surface area contributed by atoms with E-state index in [0.717, 1.165) is 24.0 Å². The van der Waals surface area contributed by atoms with Crippen molar-refractivity contribution >= 4 is 56.3 Å². The van der Waals surface area contributed by atoms with Crippen LogP contribution in [-0.4, -0.2) is 56.5 Å². The molecule has 2 aliphatic heterocycles. The van der Waals surface area contributed by atoms with Gasteiger partial charge in [-0.1, -0.05) is 30.3 Å². The Labute approximate surface area is 262 Å². The molecule has 6 rings (SSSR count). The van der Waals surface area contributed by atoms with Crippen LogP contribution in [0.1, 0.15) is 25.7 Å². The maximum atomic E-state index is 13.5. The summed E-state index contributed by atoms with van der Waals surface area (Å²) in [6, 6.07) is 21.1. The SMILES string of the molecule is N=S1(=O)CCCCNc2nc(ncc2-c2ccc(NC(=O)Nc3ccccc3)cc2)Nc2cc(NC(=O)N3CCCC3)cc1c2. The largest absolute Gasteiger partial charge is 0.369 e. The van der Waals surface area contributed by atoms with E-state index in [4.69, 9.17) is 9.76 Å². The highest BCUT2D eigenvalue weighted by Gasteiger charge is 2.20. The predicted molar refractivity (Wildman–Crippen MR) is 178 cm³/mol. The van der Waals surface area contributed by atoms with E-state index in [1.165, 1.54) is 0 Å². The lowest BCUT2D eigenvalue weighted by molar-refractivity contribution is 0.222. The van der Waals surface area contributed by atoms with Crippen LogP contribution in [0.5, 0.6) is 0 Å². The standard InChI is InChI=1S/C32H35N9O3S/c33-45(44)17-7-4-14-34-29-28(22-10-12-24(13-11-22)38-31(42)37-23-8-2-1-3-9-23)21-35-30(40-29)36-25-18-26(20-27(45)19-25)39-32(43)41-15-5-6-16-41/h1-3,8-13,18-21,33H,4-7,14-17H2,(H,39,43)(H2,37,38,42)(H2,34,35,36,40). The normalized spacial score (nSPS) is 17.8. The number of likely N-dealkylation sites (tertiary alicyclic amines) is 1. The fraction of sp³-hybridized carbons (Fsp3) is 0.250. The molecule has 12 nitrogen and oxygen atoms in total. The number of urea groups is 2.